The first kappa shape index (κ1) is 72.1. The molecule has 0 rings (SSSR count). The van der Waals surface area contributed by atoms with Crippen molar-refractivity contribution in [3.05, 3.63) is 0 Å². The first-order valence-electron chi connectivity index (χ1n) is 27.7. The second-order valence-electron chi connectivity index (χ2n) is 21.2. The Balaban J connectivity index is 5.27. The average Bonchev–Trinajstić information content (AvgIpc) is 3.34. The molecular weight excluding hydrogens is 1010 g/mol. The molecule has 0 aromatic rings. The molecule has 0 fully saturated rings. The lowest BCUT2D eigenvalue weighted by atomic mass is 9.94. The number of carboxylic acids is 1. The summed E-state index contributed by atoms with van der Waals surface area (Å²) in [6.45, 7) is 5.74. The molecule has 0 heterocycles. The molecule has 0 aliphatic carbocycles. The Bertz CT molecular complexity index is 1750. The molecule has 0 aliphatic rings. The maximum Gasteiger partial charge on any atom is 0.322 e. The highest BCUT2D eigenvalue weighted by molar-refractivity contribution is 7.45. The summed E-state index contributed by atoms with van der Waals surface area (Å²) in [7, 11) is 2.72. The lowest BCUT2D eigenvalue weighted by molar-refractivity contribution is -0.870. The van der Waals surface area contributed by atoms with Gasteiger partial charge in [-0.3, -0.25) is 42.9 Å². The van der Waals surface area contributed by atoms with Crippen LogP contribution in [0.1, 0.15) is 175 Å². The Morgan fingerprint density at radius 1 is 0.658 bits per heavy atom. The van der Waals surface area contributed by atoms with E-state index in [2.05, 4.69) is 22.9 Å². The molecule has 0 saturated heterocycles. The van der Waals surface area contributed by atoms with Crippen LogP contribution in [0.5, 0.6) is 0 Å². The van der Waals surface area contributed by atoms with Crippen LogP contribution in [0.15, 0.2) is 0 Å². The lowest BCUT2D eigenvalue weighted by Crippen LogP contribution is -2.47. The van der Waals surface area contributed by atoms with Crippen LogP contribution in [-0.2, 0) is 61.4 Å². The number of unbranched alkanes of at least 4 members (excludes halogenated alkanes) is 14. The van der Waals surface area contributed by atoms with Gasteiger partial charge in [-0.15, -0.1) is 0 Å². The Morgan fingerprint density at radius 3 is 1.76 bits per heavy atom. The number of ether oxygens (including phenoxy) is 2. The standard InChI is InChI=1S/C53H98N5O17P/c1-9-10-11-12-13-14-15-16-17-18-19-20-21-27-50(66)72-38-44(39-74-76(70,71)73-34-33-58(6,7)8)75-51(67)28-23-25-32-57(5)31-24-22-26-46(47(62)29-30-48(63)54-37-49(64)65)56-53(69)45(42(4)60)35-43(61)36-55-52(68)40(2)41(3)59/h40-42,44-46,59-60H,9-39H2,1-8H3,(H4-,54,55,56,63,64,65,68,69,70,71)/t40-,41+,42+,44+,45-,46-/m0/s1. The predicted molar refractivity (Wildman–Crippen MR) is 284 cm³/mol. The van der Waals surface area contributed by atoms with Crippen molar-refractivity contribution in [2.24, 2.45) is 11.8 Å². The van der Waals surface area contributed by atoms with Gasteiger partial charge in [0.1, 0.15) is 26.3 Å². The highest BCUT2D eigenvalue weighted by atomic mass is 31.2. The molecule has 0 bridgehead atoms. The van der Waals surface area contributed by atoms with Crippen LogP contribution < -0.4 is 20.8 Å². The maximum absolute atomic E-state index is 13.4. The van der Waals surface area contributed by atoms with E-state index in [9.17, 15) is 58.0 Å². The Morgan fingerprint density at radius 2 is 1.21 bits per heavy atom. The van der Waals surface area contributed by atoms with E-state index >= 15 is 0 Å². The molecule has 76 heavy (non-hydrogen) atoms. The summed E-state index contributed by atoms with van der Waals surface area (Å²) >= 11 is 0. The summed E-state index contributed by atoms with van der Waals surface area (Å²) < 4.78 is 34.0. The monoisotopic (exact) mass is 1110 g/mol. The zero-order valence-electron chi connectivity index (χ0n) is 47.3. The second kappa shape index (κ2) is 42.1. The fourth-order valence-electron chi connectivity index (χ4n) is 7.67. The Kier molecular flexibility index (Phi) is 40.0. The van der Waals surface area contributed by atoms with Crippen molar-refractivity contribution in [2.45, 2.75) is 200 Å². The fourth-order valence-corrected chi connectivity index (χ4v) is 8.40. The van der Waals surface area contributed by atoms with Crippen molar-refractivity contribution in [3.8, 4) is 0 Å². The highest BCUT2D eigenvalue weighted by Gasteiger charge is 2.31. The number of rotatable bonds is 49. The van der Waals surface area contributed by atoms with Crippen LogP contribution >= 0.6 is 7.82 Å². The van der Waals surface area contributed by atoms with Gasteiger partial charge in [-0.2, -0.15) is 0 Å². The van der Waals surface area contributed by atoms with Crippen molar-refractivity contribution >= 4 is 55.0 Å². The molecule has 0 aliphatic heterocycles. The number of carboxylic acid groups (broad SMARTS) is 1. The first-order chi connectivity index (χ1) is 35.8. The highest BCUT2D eigenvalue weighted by Crippen LogP contribution is 2.38. The molecule has 22 nitrogen and oxygen atoms in total. The SMILES string of the molecule is CCCCCCCCCCCCCCCC(=O)OC[C@H](COP(=O)([O-])OCC[N+](C)(C)C)OC(=O)CCCCN(C)CCCC[C@H](NC(=O)[C@@H](CC(=O)CNC(=O)[C@@H](C)[C@@H](C)O)[C@@H](C)O)C(=O)CCC(=O)NCC(=O)O. The van der Waals surface area contributed by atoms with Crippen molar-refractivity contribution in [3.63, 3.8) is 0 Å². The largest absolute Gasteiger partial charge is 0.756 e. The zero-order chi connectivity index (χ0) is 57.5. The van der Waals surface area contributed by atoms with Gasteiger partial charge in [0.15, 0.2) is 17.7 Å². The van der Waals surface area contributed by atoms with E-state index in [4.69, 9.17) is 23.6 Å². The number of hydrogen-bond donors (Lipinski definition) is 6. The Labute approximate surface area is 453 Å². The number of hydrogen-bond acceptors (Lipinski definition) is 17. The van der Waals surface area contributed by atoms with Crippen molar-refractivity contribution in [2.75, 3.05) is 80.7 Å². The average molecular weight is 1110 g/mol. The third-order valence-corrected chi connectivity index (χ3v) is 13.8. The van der Waals surface area contributed by atoms with Crippen molar-refractivity contribution < 1.29 is 86.1 Å². The number of phosphoric acid groups is 1. The van der Waals surface area contributed by atoms with Gasteiger partial charge >= 0.3 is 17.9 Å². The number of phosphoric ester groups is 1. The minimum atomic E-state index is -4.77. The summed E-state index contributed by atoms with van der Waals surface area (Å²) in [4.78, 5) is 115. The van der Waals surface area contributed by atoms with Gasteiger partial charge in [0.25, 0.3) is 7.82 Å². The minimum Gasteiger partial charge on any atom is -0.756 e. The number of carbonyl (C=O) groups is 8. The number of aliphatic hydroxyl groups excluding tert-OH is 2. The number of esters is 2. The van der Waals surface area contributed by atoms with Crippen LogP contribution in [0.2, 0.25) is 0 Å². The van der Waals surface area contributed by atoms with Gasteiger partial charge in [-0.05, 0) is 72.5 Å². The molecule has 442 valence electrons. The number of ketones is 2. The van der Waals surface area contributed by atoms with Gasteiger partial charge < -0.3 is 64.1 Å². The minimum absolute atomic E-state index is 0.0139. The quantitative estimate of drug-likeness (QED) is 0.0211. The number of nitrogens with zero attached hydrogens (tertiary/aromatic N) is 2. The summed E-state index contributed by atoms with van der Waals surface area (Å²) in [5.74, 6) is -7.59. The van der Waals surface area contributed by atoms with E-state index in [0.717, 1.165) is 19.3 Å². The molecule has 0 saturated carbocycles. The summed E-state index contributed by atoms with van der Waals surface area (Å²) in [5, 5.41) is 36.2. The van der Waals surface area contributed by atoms with Crippen LogP contribution in [0.25, 0.3) is 0 Å². The number of aliphatic carboxylic acids is 1. The first-order valence-corrected chi connectivity index (χ1v) is 29.1. The molecule has 3 amide bonds. The third kappa shape index (κ3) is 40.3. The topological polar surface area (TPSA) is 314 Å². The zero-order valence-corrected chi connectivity index (χ0v) is 48.2. The number of quaternary nitrogens is 1. The molecule has 7 atom stereocenters. The molecule has 0 aromatic carbocycles. The molecule has 23 heteroatoms. The van der Waals surface area contributed by atoms with Gasteiger partial charge in [-0.25, -0.2) is 0 Å². The maximum atomic E-state index is 13.4. The number of amides is 3. The van der Waals surface area contributed by atoms with E-state index in [1.54, 1.807) is 0 Å². The molecule has 1 unspecified atom stereocenters. The van der Waals surface area contributed by atoms with E-state index in [1.807, 2.05) is 33.1 Å². The fraction of sp³-hybridized carbons (Fsp3) is 0.849. The van der Waals surface area contributed by atoms with Gasteiger partial charge in [0.2, 0.25) is 17.7 Å². The van der Waals surface area contributed by atoms with E-state index in [0.29, 0.717) is 56.2 Å². The summed E-state index contributed by atoms with van der Waals surface area (Å²) in [6, 6.07) is -1.11. The molecule has 0 aromatic heterocycles. The van der Waals surface area contributed by atoms with Crippen molar-refractivity contribution in [1.29, 1.82) is 0 Å². The van der Waals surface area contributed by atoms with E-state index in [1.165, 1.54) is 78.6 Å². The number of carbonyl (C=O) groups excluding carboxylic acids is 7. The molecular formula is C53H98N5O17P. The number of aliphatic hydroxyl groups is 2. The van der Waals surface area contributed by atoms with Crippen molar-refractivity contribution in [1.82, 2.24) is 20.9 Å². The normalized spacial score (nSPS) is 14.8. The van der Waals surface area contributed by atoms with Gasteiger partial charge in [0.05, 0.1) is 64.4 Å². The van der Waals surface area contributed by atoms with Crippen LogP contribution in [0.3, 0.4) is 0 Å². The van der Waals surface area contributed by atoms with Crippen LogP contribution in [0.4, 0.5) is 0 Å². The number of likely N-dealkylation sites (N-methyl/N-ethyl adjacent to an activating group) is 1. The summed E-state index contributed by atoms with van der Waals surface area (Å²) in [5.41, 5.74) is 0. The number of Topliss-reactive ketones (excluding diaryl/α,β-unsaturated/α-hetero) is 2. The molecule has 0 radical (unpaired) electrons. The molecule has 0 spiro atoms. The summed E-state index contributed by atoms with van der Waals surface area (Å²) in [6.07, 6.45) is 12.8. The number of nitrogens with one attached hydrogen (secondary N) is 3. The second-order valence-corrected chi connectivity index (χ2v) is 22.6. The smallest absolute Gasteiger partial charge is 0.322 e. The Hall–Kier alpha value is -3.89. The van der Waals surface area contributed by atoms with Crippen LogP contribution in [-0.4, -0.2) is 177 Å². The van der Waals surface area contributed by atoms with Gasteiger partial charge in [0, 0.05) is 32.1 Å². The molecule has 6 N–H and O–H groups in total. The predicted octanol–water partition coefficient (Wildman–Crippen LogP) is 4.53. The lowest BCUT2D eigenvalue weighted by Gasteiger charge is -2.28. The van der Waals surface area contributed by atoms with E-state index in [-0.39, 0.29) is 38.7 Å². The third-order valence-electron chi connectivity index (χ3n) is 12.8. The van der Waals surface area contributed by atoms with Crippen LogP contribution in [0, 0.1) is 11.8 Å². The van der Waals surface area contributed by atoms with E-state index < -0.39 is 124 Å². The van der Waals surface area contributed by atoms with Gasteiger partial charge in [-0.1, -0.05) is 90.9 Å².